The van der Waals surface area contributed by atoms with Crippen LogP contribution in [0.15, 0.2) is 243 Å². The zero-order valence-electron chi connectivity index (χ0n) is 41.4. The lowest BCUT2D eigenvalue weighted by molar-refractivity contribution is 1.10. The molecule has 1 spiro atoms. The number of anilines is 8. The Morgan fingerprint density at radius 3 is 0.644 bits per heavy atom. The second kappa shape index (κ2) is 16.6. The van der Waals surface area contributed by atoms with Crippen LogP contribution in [-0.4, -0.2) is 8.72 Å². The summed E-state index contributed by atoms with van der Waals surface area (Å²) in [5.74, 6) is 0. The molecule has 0 aromatic heterocycles. The van der Waals surface area contributed by atoms with E-state index < -0.39 is 8.72 Å². The molecule has 73 heavy (non-hydrogen) atoms. The summed E-state index contributed by atoms with van der Waals surface area (Å²) in [6.07, 6.45) is 0. The minimum absolute atomic E-state index is 1.10. The molecule has 348 valence electrons. The number of aryl methyl sites for hydroxylation is 4. The van der Waals surface area contributed by atoms with E-state index in [4.69, 9.17) is 0 Å². The molecule has 2 heterocycles. The lowest BCUT2D eigenvalue weighted by Gasteiger charge is -2.58. The normalized spacial score (nSPS) is 13.8. The molecule has 0 radical (unpaired) electrons. The second-order valence-corrected chi connectivity index (χ2v) is 23.0. The SMILES string of the molecule is Cc1ccc(N2c3ccc4ccccc4c3-c3c(ccc4ccccc34)N(c3ccc(C)cc3)[Si]23N(c2ccc(C)cc2)c2ccc4ccccc4c2-c2c(ccc4ccccc24)N3c2ccc(C)cc2)cc1. The topological polar surface area (TPSA) is 13.0 Å². The van der Waals surface area contributed by atoms with Crippen molar-refractivity contribution in [2.45, 2.75) is 27.7 Å². The molecular weight excluding hydrogens is 901 g/mol. The molecule has 0 fully saturated rings. The third-order valence-corrected chi connectivity index (χ3v) is 19.9. The van der Waals surface area contributed by atoms with Crippen LogP contribution in [0, 0.1) is 27.7 Å². The average molecular weight is 953 g/mol. The standard InChI is InChI=1S/C68H52N4Si/c1-45-21-33-53(34-22-45)69-61-41-29-49-13-5-9-17-57(49)65(61)66-58-18-10-6-14-50(58)30-42-62(66)70(54-35-23-46(2)24-36-54)73(69)71(55-37-25-47(3)26-38-55)63-43-31-51-15-7-11-19-59(51)67(63)68-60-20-12-8-16-52(60)32-44-64(68)72(73)56-39-27-48(4)28-40-56/h5-44H,1-4H3. The lowest BCUT2D eigenvalue weighted by atomic mass is 9.90. The fourth-order valence-electron chi connectivity index (χ4n) is 12.1. The first-order valence-electron chi connectivity index (χ1n) is 25.4. The van der Waals surface area contributed by atoms with E-state index in [-0.39, 0.29) is 0 Å². The molecule has 0 aliphatic carbocycles. The van der Waals surface area contributed by atoms with Gasteiger partial charge in [-0.15, -0.1) is 0 Å². The summed E-state index contributed by atoms with van der Waals surface area (Å²) in [6.45, 7) is 8.81. The maximum atomic E-state index is 2.83. The van der Waals surface area contributed by atoms with Gasteiger partial charge in [-0.1, -0.05) is 192 Å². The molecule has 5 heteroatoms. The van der Waals surface area contributed by atoms with Crippen molar-refractivity contribution in [2.75, 3.05) is 18.3 Å². The highest BCUT2D eigenvalue weighted by Gasteiger charge is 2.66. The zero-order chi connectivity index (χ0) is 49.0. The number of hydrogen-bond acceptors (Lipinski definition) is 4. The van der Waals surface area contributed by atoms with E-state index >= 15 is 0 Å². The van der Waals surface area contributed by atoms with E-state index in [9.17, 15) is 0 Å². The van der Waals surface area contributed by atoms with Crippen molar-refractivity contribution in [3.8, 4) is 22.3 Å². The van der Waals surface area contributed by atoms with Gasteiger partial charge in [-0.2, -0.15) is 0 Å². The van der Waals surface area contributed by atoms with Gasteiger partial charge in [0.1, 0.15) is 0 Å². The van der Waals surface area contributed by atoms with E-state index in [0.717, 1.165) is 45.5 Å². The number of hydrogen-bond donors (Lipinski definition) is 0. The van der Waals surface area contributed by atoms with Gasteiger partial charge in [-0.3, -0.25) is 0 Å². The molecule has 12 aromatic carbocycles. The zero-order valence-corrected chi connectivity index (χ0v) is 42.4. The highest BCUT2D eigenvalue weighted by molar-refractivity contribution is 6.97. The summed E-state index contributed by atoms with van der Waals surface area (Å²) in [7, 11) is -4.24. The van der Waals surface area contributed by atoms with Crippen LogP contribution in [0.2, 0.25) is 0 Å². The minimum Gasteiger partial charge on any atom is -0.315 e. The minimum atomic E-state index is -4.24. The van der Waals surface area contributed by atoms with Crippen LogP contribution < -0.4 is 18.3 Å². The van der Waals surface area contributed by atoms with Crippen molar-refractivity contribution >= 4 is 97.3 Å². The Balaban J connectivity index is 1.33. The molecule has 4 nitrogen and oxygen atoms in total. The van der Waals surface area contributed by atoms with Crippen molar-refractivity contribution in [3.63, 3.8) is 0 Å². The van der Waals surface area contributed by atoms with Gasteiger partial charge in [0.2, 0.25) is 0 Å². The van der Waals surface area contributed by atoms with Gasteiger partial charge in [0.05, 0.1) is 0 Å². The number of nitrogens with zero attached hydrogens (tertiary/aromatic N) is 4. The Kier molecular flexibility index (Phi) is 9.76. The Morgan fingerprint density at radius 2 is 0.425 bits per heavy atom. The first-order valence-corrected chi connectivity index (χ1v) is 27.2. The smallest absolute Gasteiger partial charge is 0.315 e. The molecule has 0 amide bonds. The largest absolute Gasteiger partial charge is 0.521 e. The molecule has 0 bridgehead atoms. The molecule has 0 atom stereocenters. The summed E-state index contributed by atoms with van der Waals surface area (Å²) >= 11 is 0. The molecule has 14 rings (SSSR count). The first-order chi connectivity index (χ1) is 35.9. The van der Waals surface area contributed by atoms with Gasteiger partial charge in [-0.25, -0.2) is 0 Å². The van der Waals surface area contributed by atoms with Gasteiger partial charge in [-0.05, 0) is 144 Å². The Labute approximate surface area is 428 Å². The molecule has 0 unspecified atom stereocenters. The van der Waals surface area contributed by atoms with Gasteiger partial charge in [0.15, 0.2) is 0 Å². The number of rotatable bonds is 4. The summed E-state index contributed by atoms with van der Waals surface area (Å²) in [5, 5.41) is 9.62. The summed E-state index contributed by atoms with van der Waals surface area (Å²) in [4.78, 5) is 0. The Bertz CT molecular complexity index is 3600. The highest BCUT2D eigenvalue weighted by atomic mass is 28.4. The van der Waals surface area contributed by atoms with E-state index in [1.807, 2.05) is 0 Å². The van der Waals surface area contributed by atoms with Crippen LogP contribution in [-0.2, 0) is 0 Å². The highest BCUT2D eigenvalue weighted by Crippen LogP contribution is 2.62. The van der Waals surface area contributed by atoms with E-state index in [1.165, 1.54) is 87.6 Å². The van der Waals surface area contributed by atoms with Crippen molar-refractivity contribution < 1.29 is 0 Å². The summed E-state index contributed by atoms with van der Waals surface area (Å²) in [6, 6.07) is 92.6. The second-order valence-electron chi connectivity index (χ2n) is 20.0. The van der Waals surface area contributed by atoms with Crippen LogP contribution in [0.4, 0.5) is 45.5 Å². The van der Waals surface area contributed by atoms with Gasteiger partial charge < -0.3 is 18.3 Å². The molecule has 2 aliphatic heterocycles. The number of benzene rings is 12. The van der Waals surface area contributed by atoms with Crippen LogP contribution >= 0.6 is 0 Å². The summed E-state index contributed by atoms with van der Waals surface area (Å²) in [5.41, 5.74) is 18.6. The van der Waals surface area contributed by atoms with Crippen molar-refractivity contribution in [3.05, 3.63) is 265 Å². The molecule has 0 saturated heterocycles. The third kappa shape index (κ3) is 6.45. The van der Waals surface area contributed by atoms with E-state index in [0.29, 0.717) is 0 Å². The predicted octanol–water partition coefficient (Wildman–Crippen LogP) is 18.6. The van der Waals surface area contributed by atoms with Gasteiger partial charge in [0.25, 0.3) is 0 Å². The molecule has 0 saturated carbocycles. The van der Waals surface area contributed by atoms with Crippen molar-refractivity contribution in [1.29, 1.82) is 0 Å². The fraction of sp³-hybridized carbons (Fsp3) is 0.0588. The molecular formula is C68H52N4Si. The quantitative estimate of drug-likeness (QED) is 0.163. The van der Waals surface area contributed by atoms with Crippen LogP contribution in [0.1, 0.15) is 22.3 Å². The van der Waals surface area contributed by atoms with Gasteiger partial charge in [0, 0.05) is 67.8 Å². The first kappa shape index (κ1) is 42.9. The summed E-state index contributed by atoms with van der Waals surface area (Å²) < 4.78 is 11.3. The lowest BCUT2D eigenvalue weighted by Crippen LogP contribution is -2.81. The molecule has 0 N–H and O–H groups in total. The molecule has 2 aliphatic rings. The van der Waals surface area contributed by atoms with Gasteiger partial charge >= 0.3 is 8.72 Å². The average Bonchev–Trinajstić information content (AvgIpc) is 3.61. The predicted molar refractivity (Wildman–Crippen MR) is 313 cm³/mol. The molecule has 12 aromatic rings. The fourth-order valence-corrected chi connectivity index (χ4v) is 17.3. The maximum absolute atomic E-state index is 4.24. The van der Waals surface area contributed by atoms with Crippen LogP contribution in [0.3, 0.4) is 0 Å². The Morgan fingerprint density at radius 1 is 0.219 bits per heavy atom. The van der Waals surface area contributed by atoms with E-state index in [1.54, 1.807) is 0 Å². The van der Waals surface area contributed by atoms with Crippen molar-refractivity contribution in [2.24, 2.45) is 0 Å². The number of fused-ring (bicyclic) bond motifs is 14. The monoisotopic (exact) mass is 952 g/mol. The van der Waals surface area contributed by atoms with Crippen molar-refractivity contribution in [1.82, 2.24) is 0 Å². The maximum Gasteiger partial charge on any atom is 0.521 e. The third-order valence-electron chi connectivity index (χ3n) is 15.5. The van der Waals surface area contributed by atoms with Crippen LogP contribution in [0.5, 0.6) is 0 Å². The van der Waals surface area contributed by atoms with Crippen LogP contribution in [0.25, 0.3) is 65.3 Å². The Hall–Kier alpha value is -8.90. The van der Waals surface area contributed by atoms with E-state index in [2.05, 4.69) is 289 Å².